The van der Waals surface area contributed by atoms with Crippen molar-refractivity contribution >= 4 is 78.5 Å². The maximum absolute atomic E-state index is 11.3. The van der Waals surface area contributed by atoms with Crippen LogP contribution in [0.1, 0.15) is 83.8 Å². The molecule has 0 saturated heterocycles. The zero-order valence-corrected chi connectivity index (χ0v) is 34.2. The minimum absolute atomic E-state index is 0. The van der Waals surface area contributed by atoms with Gasteiger partial charge in [0.1, 0.15) is 6.54 Å². The SMILES string of the molecule is CC1(C)C(/C=C/C2=C(Cl)C(=C/C=C3/N(CCCCS(=O)(=O)[O-])c4ccccc4C3(C)C)/CCC2)=[N+](CCCCS(=O)(=O)O)c2ccccc21.[Na]. The second-order valence-electron chi connectivity index (χ2n) is 14.2. The van der Waals surface area contributed by atoms with Gasteiger partial charge in [0.15, 0.2) is 5.71 Å². The molecule has 0 unspecified atom stereocenters. The predicted molar refractivity (Wildman–Crippen MR) is 203 cm³/mol. The molecule has 2 aromatic carbocycles. The quantitative estimate of drug-likeness (QED) is 0.0975. The second-order valence-corrected chi connectivity index (χ2v) is 17.7. The fraction of sp³-hybridized carbons (Fsp3) is 0.447. The maximum atomic E-state index is 11.3. The van der Waals surface area contributed by atoms with Crippen molar-refractivity contribution in [2.45, 2.75) is 83.5 Å². The summed E-state index contributed by atoms with van der Waals surface area (Å²) >= 11 is 7.13. The Hall–Kier alpha value is -2.02. The van der Waals surface area contributed by atoms with Crippen LogP contribution in [0.4, 0.5) is 11.4 Å². The second kappa shape index (κ2) is 16.3. The molecule has 5 rings (SSSR count). The molecule has 2 heterocycles. The Morgan fingerprint density at radius 3 is 2.22 bits per heavy atom. The molecule has 0 spiro atoms. The van der Waals surface area contributed by atoms with E-state index in [1.165, 1.54) is 11.1 Å². The summed E-state index contributed by atoms with van der Waals surface area (Å²) in [6.45, 7) is 10.0. The Labute approximate surface area is 325 Å². The molecule has 1 N–H and O–H groups in total. The average Bonchev–Trinajstić information content (AvgIpc) is 3.37. The number of hydrogen-bond acceptors (Lipinski definition) is 6. The van der Waals surface area contributed by atoms with Crippen molar-refractivity contribution in [2.24, 2.45) is 0 Å². The fourth-order valence-corrected chi connectivity index (χ4v) is 8.88. The molecule has 2 aromatic rings. The Kier molecular flexibility index (Phi) is 13.3. The molecule has 1 aliphatic carbocycles. The van der Waals surface area contributed by atoms with E-state index in [-0.39, 0.29) is 51.9 Å². The standard InChI is InChI=1S/C38H47ClN2O6S2.Na/c1-37(2)30-16-5-7-18-32(30)40(24-9-11-26-48(42,43)44)34(37)22-20-28-14-13-15-29(36(28)39)21-23-35-38(3,4)31-17-6-8-19-33(31)41(35)25-10-12-27-49(45,46)47;/h5-8,16-23H,9-15,24-27H2,1-4H3,(H-,42,43,44,45,46,47);. The molecule has 3 aliphatic rings. The molecule has 12 heteroatoms. The van der Waals surface area contributed by atoms with Crippen LogP contribution in [0.5, 0.6) is 0 Å². The predicted octanol–water partition coefficient (Wildman–Crippen LogP) is 7.52. The van der Waals surface area contributed by atoms with E-state index in [1.807, 2.05) is 24.3 Å². The number of hydrogen-bond donors (Lipinski definition) is 1. The minimum Gasteiger partial charge on any atom is -0.748 e. The van der Waals surface area contributed by atoms with Gasteiger partial charge in [-0.1, -0.05) is 74.0 Å². The van der Waals surface area contributed by atoms with Crippen molar-refractivity contribution in [3.05, 3.63) is 106 Å². The molecular weight excluding hydrogens is 703 g/mol. The number of rotatable bonds is 13. The van der Waals surface area contributed by atoms with E-state index in [0.717, 1.165) is 58.2 Å². The van der Waals surface area contributed by atoms with Crippen LogP contribution in [0.25, 0.3) is 0 Å². The summed E-state index contributed by atoms with van der Waals surface area (Å²) < 4.78 is 67.7. The molecule has 0 saturated carbocycles. The molecular formula is C38H47ClN2NaO6S2. The van der Waals surface area contributed by atoms with Crippen molar-refractivity contribution in [3.63, 3.8) is 0 Å². The number of unbranched alkanes of at least 4 members (excludes halogenated alkanes) is 2. The first-order valence-corrected chi connectivity index (χ1v) is 20.6. The summed E-state index contributed by atoms with van der Waals surface area (Å²) in [5, 5.41) is 0.744. The first-order valence-electron chi connectivity index (χ1n) is 17.0. The molecule has 0 fully saturated rings. The number of benzene rings is 2. The van der Waals surface area contributed by atoms with Gasteiger partial charge in [-0.05, 0) is 81.2 Å². The van der Waals surface area contributed by atoms with Gasteiger partial charge in [0.05, 0.1) is 21.3 Å². The Morgan fingerprint density at radius 2 is 1.52 bits per heavy atom. The van der Waals surface area contributed by atoms with Gasteiger partial charge in [-0.25, -0.2) is 8.42 Å². The average molecular weight is 750 g/mol. The number of nitrogens with zero attached hydrogens (tertiary/aromatic N) is 2. The Bertz CT molecular complexity index is 1980. The largest absolute Gasteiger partial charge is 0.748 e. The van der Waals surface area contributed by atoms with Gasteiger partial charge in [-0.3, -0.25) is 4.55 Å². The summed E-state index contributed by atoms with van der Waals surface area (Å²) in [5.41, 5.74) is 8.39. The topological polar surface area (TPSA) is 118 Å². The van der Waals surface area contributed by atoms with E-state index >= 15 is 0 Å². The molecule has 1 radical (unpaired) electrons. The first-order chi connectivity index (χ1) is 23.0. The van der Waals surface area contributed by atoms with Gasteiger partial charge in [0.25, 0.3) is 10.1 Å². The number of halogens is 1. The summed E-state index contributed by atoms with van der Waals surface area (Å²) in [6.07, 6.45) is 13.1. The third kappa shape index (κ3) is 9.31. The van der Waals surface area contributed by atoms with Gasteiger partial charge >= 0.3 is 0 Å². The number of anilines is 1. The zero-order valence-electron chi connectivity index (χ0n) is 29.8. The van der Waals surface area contributed by atoms with Crippen LogP contribution in [0.15, 0.2) is 94.7 Å². The van der Waals surface area contributed by atoms with Gasteiger partial charge in [-0.15, -0.1) is 0 Å². The molecule has 50 heavy (non-hydrogen) atoms. The van der Waals surface area contributed by atoms with E-state index in [4.69, 9.17) is 11.6 Å². The van der Waals surface area contributed by atoms with Gasteiger partial charge in [0.2, 0.25) is 5.69 Å². The van der Waals surface area contributed by atoms with Crippen LogP contribution in [-0.4, -0.2) is 90.4 Å². The molecule has 8 nitrogen and oxygen atoms in total. The van der Waals surface area contributed by atoms with Crippen molar-refractivity contribution in [1.82, 2.24) is 0 Å². The third-order valence-electron chi connectivity index (χ3n) is 10.00. The van der Waals surface area contributed by atoms with E-state index in [1.54, 1.807) is 0 Å². The van der Waals surface area contributed by atoms with Crippen LogP contribution >= 0.6 is 11.6 Å². The van der Waals surface area contributed by atoms with Crippen molar-refractivity contribution < 1.29 is 30.5 Å². The van der Waals surface area contributed by atoms with Crippen LogP contribution < -0.4 is 4.90 Å². The smallest absolute Gasteiger partial charge is 0.264 e. The van der Waals surface area contributed by atoms with Crippen molar-refractivity contribution in [1.29, 1.82) is 0 Å². The van der Waals surface area contributed by atoms with Crippen LogP contribution in [0.3, 0.4) is 0 Å². The third-order valence-corrected chi connectivity index (χ3v) is 12.1. The summed E-state index contributed by atoms with van der Waals surface area (Å²) in [5.74, 6) is -0.614. The van der Waals surface area contributed by atoms with E-state index in [9.17, 15) is 25.9 Å². The van der Waals surface area contributed by atoms with Crippen LogP contribution in [0, 0.1) is 0 Å². The summed E-state index contributed by atoms with van der Waals surface area (Å²) in [6, 6.07) is 16.6. The van der Waals surface area contributed by atoms with Crippen LogP contribution in [0.2, 0.25) is 0 Å². The number of fused-ring (bicyclic) bond motifs is 2. The summed E-state index contributed by atoms with van der Waals surface area (Å²) in [4.78, 5) is 2.24. The van der Waals surface area contributed by atoms with E-state index in [0.29, 0.717) is 38.8 Å². The molecule has 0 bridgehead atoms. The Morgan fingerprint density at radius 1 is 0.860 bits per heavy atom. The fourth-order valence-electron chi connectivity index (χ4n) is 7.43. The molecule has 0 aromatic heterocycles. The number of allylic oxidation sites excluding steroid dienone is 8. The van der Waals surface area contributed by atoms with E-state index < -0.39 is 20.2 Å². The maximum Gasteiger partial charge on any atom is 0.264 e. The van der Waals surface area contributed by atoms with Crippen LogP contribution in [-0.2, 0) is 31.1 Å². The molecule has 0 amide bonds. The van der Waals surface area contributed by atoms with Crippen molar-refractivity contribution in [2.75, 3.05) is 29.5 Å². The molecule has 2 aliphatic heterocycles. The minimum atomic E-state index is -4.25. The monoisotopic (exact) mass is 749 g/mol. The number of para-hydroxylation sites is 2. The van der Waals surface area contributed by atoms with Gasteiger partial charge in [-0.2, -0.15) is 13.0 Å². The van der Waals surface area contributed by atoms with E-state index in [2.05, 4.69) is 85.7 Å². The van der Waals surface area contributed by atoms with Gasteiger partial charge < -0.3 is 9.45 Å². The molecule has 0 atom stereocenters. The normalized spacial score (nSPS) is 20.2. The van der Waals surface area contributed by atoms with Gasteiger partial charge in [0, 0.05) is 87.8 Å². The molecule has 265 valence electrons. The zero-order chi connectivity index (χ0) is 35.6. The summed E-state index contributed by atoms with van der Waals surface area (Å²) in [7, 11) is -8.25. The van der Waals surface area contributed by atoms with Crippen molar-refractivity contribution in [3.8, 4) is 0 Å². The first kappa shape index (κ1) is 40.7. The Balaban J connectivity index is 0.00000562.